The van der Waals surface area contributed by atoms with Crippen LogP contribution in [0, 0.1) is 0 Å². The summed E-state index contributed by atoms with van der Waals surface area (Å²) in [4.78, 5) is 12.9. The van der Waals surface area contributed by atoms with Crippen molar-refractivity contribution in [2.75, 3.05) is 0 Å². The number of aromatic nitrogens is 4. The lowest BCUT2D eigenvalue weighted by molar-refractivity contribution is 0.683. The zero-order valence-corrected chi connectivity index (χ0v) is 10.0. The SMILES string of the molecule is c1csc(-c2nccn2CCc2ncc[nH]2)c1. The Morgan fingerprint density at radius 3 is 3.06 bits per heavy atom. The van der Waals surface area contributed by atoms with Crippen LogP contribution in [0.25, 0.3) is 10.7 Å². The Balaban J connectivity index is 1.78. The number of rotatable bonds is 4. The molecule has 0 spiro atoms. The molecule has 17 heavy (non-hydrogen) atoms. The van der Waals surface area contributed by atoms with E-state index in [4.69, 9.17) is 0 Å². The van der Waals surface area contributed by atoms with Crippen LogP contribution in [0.1, 0.15) is 5.82 Å². The van der Waals surface area contributed by atoms with Gasteiger partial charge in [-0.1, -0.05) is 6.07 Å². The second-order valence-electron chi connectivity index (χ2n) is 3.71. The number of aryl methyl sites for hydroxylation is 2. The van der Waals surface area contributed by atoms with Gasteiger partial charge in [0.1, 0.15) is 11.6 Å². The van der Waals surface area contributed by atoms with E-state index in [1.165, 1.54) is 4.88 Å². The normalized spacial score (nSPS) is 10.8. The molecule has 0 bridgehead atoms. The molecule has 0 aliphatic rings. The first-order valence-corrected chi connectivity index (χ1v) is 6.35. The van der Waals surface area contributed by atoms with E-state index in [0.717, 1.165) is 24.6 Å². The first kappa shape index (κ1) is 10.3. The second kappa shape index (κ2) is 4.55. The molecule has 0 aliphatic carbocycles. The highest BCUT2D eigenvalue weighted by Crippen LogP contribution is 2.22. The monoisotopic (exact) mass is 244 g/mol. The van der Waals surface area contributed by atoms with Gasteiger partial charge in [-0.25, -0.2) is 9.97 Å². The highest BCUT2D eigenvalue weighted by atomic mass is 32.1. The molecule has 0 fully saturated rings. The first-order valence-electron chi connectivity index (χ1n) is 5.47. The maximum atomic E-state index is 4.40. The summed E-state index contributed by atoms with van der Waals surface area (Å²) in [6.45, 7) is 0.890. The number of imidazole rings is 2. The Labute approximate surface area is 103 Å². The van der Waals surface area contributed by atoms with Crippen molar-refractivity contribution in [2.45, 2.75) is 13.0 Å². The number of nitrogens with zero attached hydrogens (tertiary/aromatic N) is 3. The van der Waals surface area contributed by atoms with Gasteiger partial charge in [-0.05, 0) is 11.4 Å². The van der Waals surface area contributed by atoms with Gasteiger partial charge in [-0.15, -0.1) is 11.3 Å². The van der Waals surface area contributed by atoms with E-state index in [2.05, 4.69) is 31.0 Å². The molecule has 3 aromatic heterocycles. The summed E-state index contributed by atoms with van der Waals surface area (Å²) in [6, 6.07) is 4.14. The first-order chi connectivity index (χ1) is 8.43. The second-order valence-corrected chi connectivity index (χ2v) is 4.66. The van der Waals surface area contributed by atoms with Crippen LogP contribution in [-0.2, 0) is 13.0 Å². The molecule has 0 unspecified atom stereocenters. The fourth-order valence-corrected chi connectivity index (χ4v) is 2.52. The number of hydrogen-bond acceptors (Lipinski definition) is 3. The Morgan fingerprint density at radius 1 is 1.29 bits per heavy atom. The van der Waals surface area contributed by atoms with Gasteiger partial charge in [0.2, 0.25) is 0 Å². The molecule has 5 heteroatoms. The molecule has 86 valence electrons. The topological polar surface area (TPSA) is 46.5 Å². The molecule has 3 aromatic rings. The van der Waals surface area contributed by atoms with Crippen molar-refractivity contribution in [3.05, 3.63) is 48.1 Å². The van der Waals surface area contributed by atoms with Crippen LogP contribution in [0.2, 0.25) is 0 Å². The number of thiophene rings is 1. The molecule has 4 nitrogen and oxygen atoms in total. The van der Waals surface area contributed by atoms with E-state index in [9.17, 15) is 0 Å². The molecule has 0 aromatic carbocycles. The Kier molecular flexibility index (Phi) is 2.75. The molecule has 0 radical (unpaired) electrons. The molecular formula is C12H12N4S. The fraction of sp³-hybridized carbons (Fsp3) is 0.167. The van der Waals surface area contributed by atoms with Crippen LogP contribution in [0.5, 0.6) is 0 Å². The Morgan fingerprint density at radius 2 is 2.29 bits per heavy atom. The summed E-state index contributed by atoms with van der Waals surface area (Å²) in [5, 5.41) is 2.07. The van der Waals surface area contributed by atoms with Crippen LogP contribution in [0.4, 0.5) is 0 Å². The fourth-order valence-electron chi connectivity index (χ4n) is 1.78. The van der Waals surface area contributed by atoms with Crippen LogP contribution < -0.4 is 0 Å². The van der Waals surface area contributed by atoms with Gasteiger partial charge in [0.15, 0.2) is 0 Å². The van der Waals surface area contributed by atoms with Crippen molar-refractivity contribution in [3.8, 4) is 10.7 Å². The van der Waals surface area contributed by atoms with Gasteiger partial charge in [0.25, 0.3) is 0 Å². The molecule has 3 heterocycles. The van der Waals surface area contributed by atoms with Gasteiger partial charge >= 0.3 is 0 Å². The van der Waals surface area contributed by atoms with Gasteiger partial charge in [-0.3, -0.25) is 0 Å². The third kappa shape index (κ3) is 2.14. The minimum absolute atomic E-state index is 0.890. The lowest BCUT2D eigenvalue weighted by atomic mass is 10.4. The van der Waals surface area contributed by atoms with Gasteiger partial charge in [0.05, 0.1) is 4.88 Å². The standard InChI is InChI=1S/C12H12N4S/c1-2-10(17-9-1)12-15-6-8-16(12)7-3-11-13-4-5-14-11/h1-2,4-6,8-9H,3,7H2,(H,13,14). The summed E-state index contributed by atoms with van der Waals surface area (Å²) in [5.41, 5.74) is 0. The van der Waals surface area contributed by atoms with Gasteiger partial charge in [-0.2, -0.15) is 0 Å². The summed E-state index contributed by atoms with van der Waals surface area (Å²) < 4.78 is 2.16. The number of nitrogens with one attached hydrogen (secondary N) is 1. The average molecular weight is 244 g/mol. The molecule has 3 rings (SSSR count). The minimum Gasteiger partial charge on any atom is -0.349 e. The van der Waals surface area contributed by atoms with Gasteiger partial charge in [0, 0.05) is 37.8 Å². The van der Waals surface area contributed by atoms with Crippen molar-refractivity contribution >= 4 is 11.3 Å². The van der Waals surface area contributed by atoms with Crippen molar-refractivity contribution in [2.24, 2.45) is 0 Å². The van der Waals surface area contributed by atoms with E-state index in [1.807, 2.05) is 24.7 Å². The summed E-state index contributed by atoms with van der Waals surface area (Å²) in [6.07, 6.45) is 8.38. The summed E-state index contributed by atoms with van der Waals surface area (Å²) in [7, 11) is 0. The Bertz CT molecular complexity index is 565. The van der Waals surface area contributed by atoms with E-state index in [1.54, 1.807) is 17.5 Å². The lowest BCUT2D eigenvalue weighted by Gasteiger charge is -2.04. The highest BCUT2D eigenvalue weighted by molar-refractivity contribution is 7.13. The number of hydrogen-bond donors (Lipinski definition) is 1. The van der Waals surface area contributed by atoms with E-state index in [-0.39, 0.29) is 0 Å². The number of H-pyrrole nitrogens is 1. The van der Waals surface area contributed by atoms with Crippen LogP contribution in [0.3, 0.4) is 0 Å². The summed E-state index contributed by atoms with van der Waals surface area (Å²) in [5.74, 6) is 2.04. The smallest absolute Gasteiger partial charge is 0.149 e. The zero-order valence-electron chi connectivity index (χ0n) is 9.21. The third-order valence-corrected chi connectivity index (χ3v) is 3.47. The lowest BCUT2D eigenvalue weighted by Crippen LogP contribution is -2.03. The molecule has 0 saturated heterocycles. The number of aromatic amines is 1. The van der Waals surface area contributed by atoms with Crippen LogP contribution >= 0.6 is 11.3 Å². The Hall–Kier alpha value is -1.88. The van der Waals surface area contributed by atoms with Crippen molar-refractivity contribution in [1.82, 2.24) is 19.5 Å². The van der Waals surface area contributed by atoms with E-state index < -0.39 is 0 Å². The molecule has 0 aliphatic heterocycles. The molecule has 0 atom stereocenters. The molecular weight excluding hydrogens is 232 g/mol. The predicted molar refractivity (Wildman–Crippen MR) is 67.8 cm³/mol. The van der Waals surface area contributed by atoms with Gasteiger partial charge < -0.3 is 9.55 Å². The van der Waals surface area contributed by atoms with Crippen LogP contribution in [0.15, 0.2) is 42.3 Å². The summed E-state index contributed by atoms with van der Waals surface area (Å²) >= 11 is 1.71. The maximum Gasteiger partial charge on any atom is 0.149 e. The largest absolute Gasteiger partial charge is 0.349 e. The van der Waals surface area contributed by atoms with Crippen molar-refractivity contribution in [3.63, 3.8) is 0 Å². The van der Waals surface area contributed by atoms with Crippen LogP contribution in [-0.4, -0.2) is 19.5 Å². The quantitative estimate of drug-likeness (QED) is 0.766. The predicted octanol–water partition coefficient (Wildman–Crippen LogP) is 2.58. The highest BCUT2D eigenvalue weighted by Gasteiger charge is 2.06. The van der Waals surface area contributed by atoms with Crippen molar-refractivity contribution in [1.29, 1.82) is 0 Å². The average Bonchev–Trinajstić information content (AvgIpc) is 3.09. The third-order valence-electron chi connectivity index (χ3n) is 2.60. The molecule has 1 N–H and O–H groups in total. The van der Waals surface area contributed by atoms with E-state index in [0.29, 0.717) is 0 Å². The minimum atomic E-state index is 0.890. The molecule has 0 amide bonds. The molecule has 0 saturated carbocycles. The maximum absolute atomic E-state index is 4.40. The van der Waals surface area contributed by atoms with Crippen molar-refractivity contribution < 1.29 is 0 Å². The zero-order chi connectivity index (χ0) is 11.5. The van der Waals surface area contributed by atoms with E-state index >= 15 is 0 Å².